The van der Waals surface area contributed by atoms with Gasteiger partial charge in [-0.3, -0.25) is 0 Å². The van der Waals surface area contributed by atoms with Crippen LogP contribution < -0.4 is 0 Å². The van der Waals surface area contributed by atoms with Crippen molar-refractivity contribution in [1.29, 1.82) is 0 Å². The SMILES string of the molecule is CCCCCS(=O)(=O)c1cc[c]cc1. The highest BCUT2D eigenvalue weighted by atomic mass is 32.2. The summed E-state index contributed by atoms with van der Waals surface area (Å²) < 4.78 is 23.4. The lowest BCUT2D eigenvalue weighted by Crippen LogP contribution is -2.06. The largest absolute Gasteiger partial charge is 0.224 e. The first kappa shape index (κ1) is 11.2. The molecule has 0 N–H and O–H groups in total. The van der Waals surface area contributed by atoms with Crippen molar-refractivity contribution >= 4 is 9.84 Å². The van der Waals surface area contributed by atoms with Crippen molar-refractivity contribution in [1.82, 2.24) is 0 Å². The van der Waals surface area contributed by atoms with Crippen molar-refractivity contribution < 1.29 is 8.42 Å². The molecule has 0 aromatic heterocycles. The summed E-state index contributed by atoms with van der Waals surface area (Å²) in [6.45, 7) is 2.06. The summed E-state index contributed by atoms with van der Waals surface area (Å²) >= 11 is 0. The summed E-state index contributed by atoms with van der Waals surface area (Å²) in [5.74, 6) is 0.255. The first-order valence-electron chi connectivity index (χ1n) is 4.85. The standard InChI is InChI=1S/C11H15O2S/c1-2-3-7-10-14(12,13)11-8-5-4-6-9-11/h5-6,8-9H,2-3,7,10H2,1H3. The summed E-state index contributed by atoms with van der Waals surface area (Å²) in [7, 11) is -3.05. The predicted octanol–water partition coefficient (Wildman–Crippen LogP) is 2.45. The lowest BCUT2D eigenvalue weighted by Gasteiger charge is -2.02. The summed E-state index contributed by atoms with van der Waals surface area (Å²) in [4.78, 5) is 0.410. The fourth-order valence-electron chi connectivity index (χ4n) is 1.24. The molecule has 14 heavy (non-hydrogen) atoms. The Kier molecular flexibility index (Phi) is 4.14. The topological polar surface area (TPSA) is 34.1 Å². The first-order chi connectivity index (χ1) is 6.67. The summed E-state index contributed by atoms with van der Waals surface area (Å²) in [6, 6.07) is 9.27. The monoisotopic (exact) mass is 211 g/mol. The summed E-state index contributed by atoms with van der Waals surface area (Å²) in [6.07, 6.45) is 2.76. The van der Waals surface area contributed by atoms with Gasteiger partial charge < -0.3 is 0 Å². The van der Waals surface area contributed by atoms with E-state index in [1.165, 1.54) is 0 Å². The van der Waals surface area contributed by atoms with Crippen molar-refractivity contribution in [2.45, 2.75) is 31.1 Å². The van der Waals surface area contributed by atoms with Crippen LogP contribution in [0.2, 0.25) is 0 Å². The number of unbranched alkanes of at least 4 members (excludes halogenated alkanes) is 2. The molecule has 0 aliphatic rings. The lowest BCUT2D eigenvalue weighted by molar-refractivity contribution is 0.591. The van der Waals surface area contributed by atoms with E-state index in [1.807, 2.05) is 0 Å². The van der Waals surface area contributed by atoms with Crippen LogP contribution in [-0.2, 0) is 9.84 Å². The van der Waals surface area contributed by atoms with Gasteiger partial charge in [0.2, 0.25) is 0 Å². The first-order valence-corrected chi connectivity index (χ1v) is 6.51. The minimum atomic E-state index is -3.05. The Morgan fingerprint density at radius 1 is 1.21 bits per heavy atom. The second kappa shape index (κ2) is 5.15. The Hall–Kier alpha value is -0.830. The van der Waals surface area contributed by atoms with Gasteiger partial charge >= 0.3 is 0 Å². The van der Waals surface area contributed by atoms with Crippen molar-refractivity contribution in [2.75, 3.05) is 5.75 Å². The van der Waals surface area contributed by atoms with Crippen LogP contribution in [0.15, 0.2) is 29.2 Å². The van der Waals surface area contributed by atoms with E-state index in [1.54, 1.807) is 24.3 Å². The quantitative estimate of drug-likeness (QED) is 0.701. The number of rotatable bonds is 5. The number of hydrogen-bond donors (Lipinski definition) is 0. The van der Waals surface area contributed by atoms with Gasteiger partial charge in [0.25, 0.3) is 0 Å². The summed E-state index contributed by atoms with van der Waals surface area (Å²) in [5, 5.41) is 0. The molecular weight excluding hydrogens is 196 g/mol. The van der Waals surface area contributed by atoms with Crippen LogP contribution >= 0.6 is 0 Å². The zero-order valence-electron chi connectivity index (χ0n) is 8.36. The molecule has 1 rings (SSSR count). The molecule has 77 valence electrons. The van der Waals surface area contributed by atoms with Gasteiger partial charge in [0.05, 0.1) is 10.6 Å². The zero-order valence-corrected chi connectivity index (χ0v) is 9.18. The van der Waals surface area contributed by atoms with Crippen LogP contribution in [0.25, 0.3) is 0 Å². The molecule has 0 saturated heterocycles. The normalized spacial score (nSPS) is 11.5. The van der Waals surface area contributed by atoms with Crippen LogP contribution in [0.4, 0.5) is 0 Å². The van der Waals surface area contributed by atoms with Gasteiger partial charge in [-0.1, -0.05) is 31.9 Å². The van der Waals surface area contributed by atoms with Crippen LogP contribution in [-0.4, -0.2) is 14.2 Å². The highest BCUT2D eigenvalue weighted by Crippen LogP contribution is 2.11. The third kappa shape index (κ3) is 3.14. The van der Waals surface area contributed by atoms with Crippen LogP contribution in [0.3, 0.4) is 0 Å². The van der Waals surface area contributed by atoms with Crippen molar-refractivity contribution in [3.8, 4) is 0 Å². The van der Waals surface area contributed by atoms with Gasteiger partial charge in [-0.05, 0) is 24.6 Å². The molecule has 0 fully saturated rings. The van der Waals surface area contributed by atoms with E-state index in [-0.39, 0.29) is 5.75 Å². The molecule has 1 aromatic rings. The van der Waals surface area contributed by atoms with Gasteiger partial charge in [-0.2, -0.15) is 0 Å². The van der Waals surface area contributed by atoms with Crippen LogP contribution in [0, 0.1) is 6.07 Å². The molecule has 0 amide bonds. The highest BCUT2D eigenvalue weighted by Gasteiger charge is 2.12. The van der Waals surface area contributed by atoms with E-state index < -0.39 is 9.84 Å². The Morgan fingerprint density at radius 3 is 2.43 bits per heavy atom. The van der Waals surface area contributed by atoms with Gasteiger partial charge in [-0.15, -0.1) is 0 Å². The zero-order chi connectivity index (χ0) is 10.4. The molecular formula is C11H15O2S. The Balaban J connectivity index is 2.67. The molecule has 0 unspecified atom stereocenters. The highest BCUT2D eigenvalue weighted by molar-refractivity contribution is 7.91. The van der Waals surface area contributed by atoms with Crippen LogP contribution in [0.5, 0.6) is 0 Å². The molecule has 0 atom stereocenters. The number of benzene rings is 1. The van der Waals surface area contributed by atoms with E-state index in [0.717, 1.165) is 19.3 Å². The second-order valence-corrected chi connectivity index (χ2v) is 5.37. The van der Waals surface area contributed by atoms with E-state index in [9.17, 15) is 8.42 Å². The predicted molar refractivity (Wildman–Crippen MR) is 56.9 cm³/mol. The molecule has 0 aliphatic heterocycles. The van der Waals surface area contributed by atoms with Crippen molar-refractivity contribution in [3.63, 3.8) is 0 Å². The Bertz CT molecular complexity index is 354. The maximum absolute atomic E-state index is 11.7. The molecule has 0 heterocycles. The molecule has 0 aliphatic carbocycles. The Labute approximate surface area is 85.9 Å². The smallest absolute Gasteiger partial charge is 0.178 e. The maximum atomic E-state index is 11.7. The molecule has 0 saturated carbocycles. The number of hydrogen-bond acceptors (Lipinski definition) is 2. The third-order valence-electron chi connectivity index (χ3n) is 2.06. The van der Waals surface area contributed by atoms with Gasteiger partial charge in [0.1, 0.15) is 0 Å². The van der Waals surface area contributed by atoms with Crippen molar-refractivity contribution in [2.24, 2.45) is 0 Å². The fraction of sp³-hybridized carbons (Fsp3) is 0.455. The van der Waals surface area contributed by atoms with Crippen molar-refractivity contribution in [3.05, 3.63) is 30.3 Å². The average molecular weight is 211 g/mol. The summed E-state index contributed by atoms with van der Waals surface area (Å²) in [5.41, 5.74) is 0. The van der Waals surface area contributed by atoms with E-state index in [4.69, 9.17) is 0 Å². The molecule has 2 nitrogen and oxygen atoms in total. The van der Waals surface area contributed by atoms with E-state index >= 15 is 0 Å². The molecule has 1 aromatic carbocycles. The van der Waals surface area contributed by atoms with Gasteiger partial charge in [-0.25, -0.2) is 8.42 Å². The maximum Gasteiger partial charge on any atom is 0.178 e. The third-order valence-corrected chi connectivity index (χ3v) is 3.88. The Morgan fingerprint density at radius 2 is 1.86 bits per heavy atom. The van der Waals surface area contributed by atoms with E-state index in [2.05, 4.69) is 13.0 Å². The lowest BCUT2D eigenvalue weighted by atomic mass is 10.3. The fourth-order valence-corrected chi connectivity index (χ4v) is 2.61. The van der Waals surface area contributed by atoms with Crippen LogP contribution in [0.1, 0.15) is 26.2 Å². The molecule has 1 radical (unpaired) electrons. The molecule has 0 spiro atoms. The van der Waals surface area contributed by atoms with Gasteiger partial charge in [0, 0.05) is 0 Å². The number of sulfone groups is 1. The molecule has 3 heteroatoms. The second-order valence-electron chi connectivity index (χ2n) is 3.26. The molecule has 0 bridgehead atoms. The minimum Gasteiger partial charge on any atom is -0.224 e. The van der Waals surface area contributed by atoms with E-state index in [0.29, 0.717) is 4.90 Å². The minimum absolute atomic E-state index is 0.255. The van der Waals surface area contributed by atoms with Gasteiger partial charge in [0.15, 0.2) is 9.84 Å². The average Bonchev–Trinajstić information content (AvgIpc) is 2.19.